The third-order valence-corrected chi connectivity index (χ3v) is 2.59. The number of rotatable bonds is 5. The molecule has 2 nitrogen and oxygen atoms in total. The maximum absolute atomic E-state index is 13.5. The fourth-order valence-corrected chi connectivity index (χ4v) is 1.57. The lowest BCUT2D eigenvalue weighted by Crippen LogP contribution is -2.13. The van der Waals surface area contributed by atoms with Crippen molar-refractivity contribution in [3.05, 3.63) is 33.8 Å². The minimum Gasteiger partial charge on any atom is -0.374 e. The van der Waals surface area contributed by atoms with Crippen LogP contribution in [0.5, 0.6) is 0 Å². The predicted molar refractivity (Wildman–Crippen MR) is 59.3 cm³/mol. The number of ether oxygens (including phenoxy) is 1. The molecule has 0 amide bonds. The summed E-state index contributed by atoms with van der Waals surface area (Å²) in [6.45, 7) is 2.02. The van der Waals surface area contributed by atoms with Crippen LogP contribution in [-0.2, 0) is 16.0 Å². The first-order chi connectivity index (χ1) is 7.56. The number of hydrogen-bond donors (Lipinski definition) is 0. The summed E-state index contributed by atoms with van der Waals surface area (Å²) in [6.07, 6.45) is -0.295. The summed E-state index contributed by atoms with van der Waals surface area (Å²) >= 11 is 2.94. The molecule has 0 aliphatic heterocycles. The van der Waals surface area contributed by atoms with Gasteiger partial charge in [0.2, 0.25) is 0 Å². The fraction of sp³-hybridized carbons (Fsp3) is 0.364. The van der Waals surface area contributed by atoms with E-state index in [1.165, 1.54) is 6.07 Å². The predicted octanol–water partition coefficient (Wildman–Crippen LogP) is 2.88. The quantitative estimate of drug-likeness (QED) is 0.780. The van der Waals surface area contributed by atoms with Gasteiger partial charge in [-0.15, -0.1) is 0 Å². The van der Waals surface area contributed by atoms with Crippen LogP contribution >= 0.6 is 15.9 Å². The molecular formula is C11H11BrF2O2. The van der Waals surface area contributed by atoms with Crippen LogP contribution in [-0.4, -0.2) is 19.0 Å². The Kier molecular flexibility index (Phi) is 5.02. The normalized spacial score (nSPS) is 10.5. The molecule has 0 fully saturated rings. The SMILES string of the molecule is CCOCC(=O)Cc1c(F)ccc(Br)c1F. The lowest BCUT2D eigenvalue weighted by molar-refractivity contribution is -0.122. The summed E-state index contributed by atoms with van der Waals surface area (Å²) in [5.41, 5.74) is -0.223. The summed E-state index contributed by atoms with van der Waals surface area (Å²) < 4.78 is 31.7. The van der Waals surface area contributed by atoms with Gasteiger partial charge in [-0.3, -0.25) is 4.79 Å². The van der Waals surface area contributed by atoms with E-state index in [0.29, 0.717) is 6.61 Å². The highest BCUT2D eigenvalue weighted by molar-refractivity contribution is 9.10. The van der Waals surface area contributed by atoms with Gasteiger partial charge in [0, 0.05) is 18.6 Å². The van der Waals surface area contributed by atoms with E-state index < -0.39 is 11.6 Å². The van der Waals surface area contributed by atoms with Gasteiger partial charge in [0.1, 0.15) is 18.2 Å². The first-order valence-electron chi connectivity index (χ1n) is 4.78. The van der Waals surface area contributed by atoms with E-state index in [9.17, 15) is 13.6 Å². The first kappa shape index (κ1) is 13.3. The van der Waals surface area contributed by atoms with Crippen molar-refractivity contribution < 1.29 is 18.3 Å². The molecule has 0 spiro atoms. The molecule has 0 radical (unpaired) electrons. The molecule has 1 aromatic carbocycles. The molecule has 0 aliphatic carbocycles. The number of carbonyl (C=O) groups excluding carboxylic acids is 1. The van der Waals surface area contributed by atoms with Crippen molar-refractivity contribution in [1.29, 1.82) is 0 Å². The van der Waals surface area contributed by atoms with Gasteiger partial charge in [0.15, 0.2) is 5.78 Å². The molecule has 1 aromatic rings. The highest BCUT2D eigenvalue weighted by Gasteiger charge is 2.15. The van der Waals surface area contributed by atoms with E-state index in [2.05, 4.69) is 15.9 Å². The minimum atomic E-state index is -0.732. The average Bonchev–Trinajstić information content (AvgIpc) is 2.27. The Hall–Kier alpha value is -0.810. The van der Waals surface area contributed by atoms with Crippen LogP contribution in [0.25, 0.3) is 0 Å². The Morgan fingerprint density at radius 2 is 2.12 bits per heavy atom. The summed E-state index contributed by atoms with van der Waals surface area (Å²) in [6, 6.07) is 2.39. The topological polar surface area (TPSA) is 26.3 Å². The molecule has 0 aliphatic rings. The molecule has 88 valence electrons. The summed E-state index contributed by atoms with van der Waals surface area (Å²) in [4.78, 5) is 11.3. The minimum absolute atomic E-state index is 0.123. The summed E-state index contributed by atoms with van der Waals surface area (Å²) in [5, 5.41) is 0. The summed E-state index contributed by atoms with van der Waals surface area (Å²) in [7, 11) is 0. The van der Waals surface area contributed by atoms with Gasteiger partial charge >= 0.3 is 0 Å². The van der Waals surface area contributed by atoms with Gasteiger partial charge in [0.25, 0.3) is 0 Å². The van der Waals surface area contributed by atoms with E-state index in [4.69, 9.17) is 4.74 Å². The van der Waals surface area contributed by atoms with Gasteiger partial charge in [-0.2, -0.15) is 0 Å². The van der Waals surface area contributed by atoms with E-state index in [0.717, 1.165) is 6.07 Å². The number of ketones is 1. The van der Waals surface area contributed by atoms with Crippen molar-refractivity contribution in [3.8, 4) is 0 Å². The van der Waals surface area contributed by atoms with Crippen molar-refractivity contribution in [3.63, 3.8) is 0 Å². The number of benzene rings is 1. The second kappa shape index (κ2) is 6.06. The first-order valence-corrected chi connectivity index (χ1v) is 5.57. The smallest absolute Gasteiger partial charge is 0.163 e. The molecule has 0 aromatic heterocycles. The zero-order chi connectivity index (χ0) is 12.1. The van der Waals surface area contributed by atoms with Crippen LogP contribution in [0.4, 0.5) is 8.78 Å². The molecule has 0 bridgehead atoms. The molecule has 0 heterocycles. The molecule has 0 saturated carbocycles. The van der Waals surface area contributed by atoms with Gasteiger partial charge < -0.3 is 4.74 Å². The monoisotopic (exact) mass is 292 g/mol. The van der Waals surface area contributed by atoms with Gasteiger partial charge in [-0.1, -0.05) is 0 Å². The fourth-order valence-electron chi connectivity index (χ4n) is 1.20. The molecule has 5 heteroatoms. The number of halogens is 3. The van der Waals surface area contributed by atoms with Crippen LogP contribution < -0.4 is 0 Å². The second-order valence-corrected chi connectivity index (χ2v) is 4.03. The molecule has 0 N–H and O–H groups in total. The van der Waals surface area contributed by atoms with Gasteiger partial charge in [0.05, 0.1) is 4.47 Å². The van der Waals surface area contributed by atoms with Gasteiger partial charge in [-0.05, 0) is 35.0 Å². The highest BCUT2D eigenvalue weighted by Crippen LogP contribution is 2.22. The van der Waals surface area contributed by atoms with Crippen molar-refractivity contribution in [2.75, 3.05) is 13.2 Å². The standard InChI is InChI=1S/C11H11BrF2O2/c1-2-16-6-7(15)5-8-10(13)4-3-9(12)11(8)14/h3-4H,2,5-6H2,1H3. The van der Waals surface area contributed by atoms with Crippen LogP contribution in [0.15, 0.2) is 16.6 Å². The van der Waals surface area contributed by atoms with Crippen molar-refractivity contribution in [2.45, 2.75) is 13.3 Å². The van der Waals surface area contributed by atoms with Crippen molar-refractivity contribution in [2.24, 2.45) is 0 Å². The molecule has 1 rings (SSSR count). The zero-order valence-electron chi connectivity index (χ0n) is 8.73. The molecule has 0 unspecified atom stereocenters. The van der Waals surface area contributed by atoms with Gasteiger partial charge in [-0.25, -0.2) is 8.78 Å². The third kappa shape index (κ3) is 3.35. The van der Waals surface area contributed by atoms with E-state index >= 15 is 0 Å². The Morgan fingerprint density at radius 1 is 1.44 bits per heavy atom. The van der Waals surface area contributed by atoms with Crippen LogP contribution in [0.1, 0.15) is 12.5 Å². The number of hydrogen-bond acceptors (Lipinski definition) is 2. The Bertz CT molecular complexity index is 394. The second-order valence-electron chi connectivity index (χ2n) is 3.17. The largest absolute Gasteiger partial charge is 0.374 e. The lowest BCUT2D eigenvalue weighted by Gasteiger charge is -2.06. The number of Topliss-reactive ketones (excluding diaryl/α,β-unsaturated/α-hetero) is 1. The maximum atomic E-state index is 13.5. The van der Waals surface area contributed by atoms with E-state index in [1.54, 1.807) is 6.92 Å². The van der Waals surface area contributed by atoms with Crippen molar-refractivity contribution >= 4 is 21.7 Å². The van der Waals surface area contributed by atoms with E-state index in [-0.39, 0.29) is 28.8 Å². The highest BCUT2D eigenvalue weighted by atomic mass is 79.9. The maximum Gasteiger partial charge on any atom is 0.163 e. The third-order valence-electron chi connectivity index (χ3n) is 1.98. The van der Waals surface area contributed by atoms with Crippen LogP contribution in [0.2, 0.25) is 0 Å². The Balaban J connectivity index is 2.80. The zero-order valence-corrected chi connectivity index (χ0v) is 10.3. The van der Waals surface area contributed by atoms with Crippen molar-refractivity contribution in [1.82, 2.24) is 0 Å². The Morgan fingerprint density at radius 3 is 2.75 bits per heavy atom. The number of carbonyl (C=O) groups is 1. The lowest BCUT2D eigenvalue weighted by atomic mass is 10.1. The molecule has 0 saturated heterocycles. The molecular weight excluding hydrogens is 282 g/mol. The van der Waals surface area contributed by atoms with E-state index in [1.807, 2.05) is 0 Å². The van der Waals surface area contributed by atoms with Crippen LogP contribution in [0.3, 0.4) is 0 Å². The average molecular weight is 293 g/mol. The summed E-state index contributed by atoms with van der Waals surface area (Å²) in [5.74, 6) is -1.80. The van der Waals surface area contributed by atoms with Crippen LogP contribution in [0, 0.1) is 11.6 Å². The molecule has 16 heavy (non-hydrogen) atoms. The Labute approximate surface area is 101 Å². The molecule has 0 atom stereocenters.